The molecule has 3 heteroatoms. The van der Waals surface area contributed by atoms with Crippen LogP contribution in [0.25, 0.3) is 0 Å². The van der Waals surface area contributed by atoms with Crippen LogP contribution < -0.4 is 14.8 Å². The van der Waals surface area contributed by atoms with Crippen LogP contribution in [0.4, 0.5) is 0 Å². The van der Waals surface area contributed by atoms with E-state index < -0.39 is 0 Å². The van der Waals surface area contributed by atoms with Crippen LogP contribution in [0.15, 0.2) is 18.2 Å². The summed E-state index contributed by atoms with van der Waals surface area (Å²) in [5, 5.41) is 3.46. The molecule has 2 atom stereocenters. The van der Waals surface area contributed by atoms with E-state index in [4.69, 9.17) is 9.47 Å². The van der Waals surface area contributed by atoms with Crippen LogP contribution >= 0.6 is 0 Å². The first-order valence-corrected chi connectivity index (χ1v) is 6.19. The molecule has 0 aliphatic carbocycles. The van der Waals surface area contributed by atoms with Crippen molar-refractivity contribution >= 4 is 0 Å². The quantitative estimate of drug-likeness (QED) is 0.872. The summed E-state index contributed by atoms with van der Waals surface area (Å²) in [6.45, 7) is 4.41. The minimum Gasteiger partial charge on any atom is -0.496 e. The molecule has 1 aliphatic rings. The van der Waals surface area contributed by atoms with Crippen molar-refractivity contribution in [2.75, 3.05) is 27.3 Å². The number of hydrogen-bond acceptors (Lipinski definition) is 3. The van der Waals surface area contributed by atoms with Gasteiger partial charge in [0.2, 0.25) is 0 Å². The summed E-state index contributed by atoms with van der Waals surface area (Å²) in [5.74, 6) is 2.99. The molecular formula is C14H21NO2. The van der Waals surface area contributed by atoms with Crippen molar-refractivity contribution in [2.24, 2.45) is 5.92 Å². The summed E-state index contributed by atoms with van der Waals surface area (Å²) < 4.78 is 11.0. The van der Waals surface area contributed by atoms with Crippen LogP contribution in [0, 0.1) is 5.92 Å². The summed E-state index contributed by atoms with van der Waals surface area (Å²) >= 11 is 0. The summed E-state index contributed by atoms with van der Waals surface area (Å²) in [6, 6.07) is 6.00. The minimum atomic E-state index is 0.467. The maximum Gasteiger partial charge on any atom is 0.126 e. The van der Waals surface area contributed by atoms with Crippen LogP contribution in [-0.4, -0.2) is 27.3 Å². The summed E-state index contributed by atoms with van der Waals surface area (Å²) in [7, 11) is 3.44. The standard InChI is InChI=1S/C14H21NO2/c1-10-7-8-15-9-11(10)14-12(16-2)5-4-6-13(14)17-3/h4-6,10-11,15H,7-9H2,1-3H3. The van der Waals surface area contributed by atoms with Crippen molar-refractivity contribution in [2.45, 2.75) is 19.3 Å². The largest absolute Gasteiger partial charge is 0.496 e. The van der Waals surface area contributed by atoms with Gasteiger partial charge in [0.1, 0.15) is 11.5 Å². The van der Waals surface area contributed by atoms with E-state index in [1.165, 1.54) is 12.0 Å². The molecule has 1 saturated heterocycles. The zero-order valence-corrected chi connectivity index (χ0v) is 10.8. The molecule has 94 valence electrons. The molecule has 2 rings (SSSR count). The fourth-order valence-corrected chi connectivity index (χ4v) is 2.62. The van der Waals surface area contributed by atoms with Crippen molar-refractivity contribution in [1.29, 1.82) is 0 Å². The van der Waals surface area contributed by atoms with Crippen molar-refractivity contribution < 1.29 is 9.47 Å². The molecule has 0 amide bonds. The van der Waals surface area contributed by atoms with Crippen LogP contribution in [0.1, 0.15) is 24.8 Å². The number of benzene rings is 1. The molecule has 1 N–H and O–H groups in total. The third-order valence-corrected chi connectivity index (χ3v) is 3.66. The lowest BCUT2D eigenvalue weighted by Gasteiger charge is -2.31. The predicted molar refractivity (Wildman–Crippen MR) is 68.9 cm³/mol. The monoisotopic (exact) mass is 235 g/mol. The highest BCUT2D eigenvalue weighted by Gasteiger charge is 2.28. The van der Waals surface area contributed by atoms with Gasteiger partial charge in [0, 0.05) is 18.0 Å². The van der Waals surface area contributed by atoms with Gasteiger partial charge in [-0.3, -0.25) is 0 Å². The van der Waals surface area contributed by atoms with Gasteiger partial charge in [0.05, 0.1) is 14.2 Å². The first kappa shape index (κ1) is 12.2. The Bertz CT molecular complexity index is 356. The second-order valence-electron chi connectivity index (χ2n) is 4.65. The SMILES string of the molecule is COc1cccc(OC)c1C1CNCCC1C. The average Bonchev–Trinajstić information content (AvgIpc) is 2.38. The maximum absolute atomic E-state index is 5.48. The van der Waals surface area contributed by atoms with Crippen LogP contribution in [-0.2, 0) is 0 Å². The average molecular weight is 235 g/mol. The lowest BCUT2D eigenvalue weighted by atomic mass is 9.82. The fraction of sp³-hybridized carbons (Fsp3) is 0.571. The molecule has 1 fully saturated rings. The molecule has 3 nitrogen and oxygen atoms in total. The summed E-state index contributed by atoms with van der Waals surface area (Å²) in [5.41, 5.74) is 1.21. The molecule has 1 aromatic rings. The predicted octanol–water partition coefficient (Wildman–Crippen LogP) is 2.42. The van der Waals surface area contributed by atoms with Crippen LogP contribution in [0.5, 0.6) is 11.5 Å². The highest BCUT2D eigenvalue weighted by molar-refractivity contribution is 5.47. The van der Waals surface area contributed by atoms with Gasteiger partial charge >= 0.3 is 0 Å². The minimum absolute atomic E-state index is 0.467. The smallest absolute Gasteiger partial charge is 0.126 e. The molecule has 2 unspecified atom stereocenters. The normalized spacial score (nSPS) is 24.4. The zero-order valence-electron chi connectivity index (χ0n) is 10.8. The van der Waals surface area contributed by atoms with E-state index in [0.717, 1.165) is 24.6 Å². The van der Waals surface area contributed by atoms with Crippen molar-refractivity contribution in [3.63, 3.8) is 0 Å². The molecule has 1 aromatic carbocycles. The van der Waals surface area contributed by atoms with Gasteiger partial charge < -0.3 is 14.8 Å². The Labute approximate surface area is 103 Å². The van der Waals surface area contributed by atoms with Gasteiger partial charge in [-0.05, 0) is 31.0 Å². The highest BCUT2D eigenvalue weighted by Crippen LogP contribution is 2.40. The van der Waals surface area contributed by atoms with E-state index in [9.17, 15) is 0 Å². The Morgan fingerprint density at radius 1 is 1.18 bits per heavy atom. The Hall–Kier alpha value is -1.22. The molecule has 1 heterocycles. The third-order valence-electron chi connectivity index (χ3n) is 3.66. The number of nitrogens with one attached hydrogen (secondary N) is 1. The molecule has 0 radical (unpaired) electrons. The molecule has 0 aromatic heterocycles. The molecule has 0 bridgehead atoms. The maximum atomic E-state index is 5.48. The Kier molecular flexibility index (Phi) is 3.89. The van der Waals surface area contributed by atoms with Crippen LogP contribution in [0.3, 0.4) is 0 Å². The molecule has 1 aliphatic heterocycles. The molecule has 0 spiro atoms. The summed E-state index contributed by atoms with van der Waals surface area (Å²) in [6.07, 6.45) is 1.20. The van der Waals surface area contributed by atoms with E-state index in [-0.39, 0.29) is 0 Å². The van der Waals surface area contributed by atoms with Crippen molar-refractivity contribution in [3.8, 4) is 11.5 Å². The lowest BCUT2D eigenvalue weighted by Crippen LogP contribution is -2.34. The van der Waals surface area contributed by atoms with E-state index in [2.05, 4.69) is 12.2 Å². The van der Waals surface area contributed by atoms with Gasteiger partial charge in [-0.25, -0.2) is 0 Å². The van der Waals surface area contributed by atoms with E-state index >= 15 is 0 Å². The molecule has 0 saturated carbocycles. The second kappa shape index (κ2) is 5.41. The van der Waals surface area contributed by atoms with Crippen molar-refractivity contribution in [3.05, 3.63) is 23.8 Å². The van der Waals surface area contributed by atoms with E-state index in [1.54, 1.807) is 14.2 Å². The van der Waals surface area contributed by atoms with Gasteiger partial charge in [-0.2, -0.15) is 0 Å². The molecular weight excluding hydrogens is 214 g/mol. The lowest BCUT2D eigenvalue weighted by molar-refractivity contribution is 0.318. The van der Waals surface area contributed by atoms with Gasteiger partial charge in [0.25, 0.3) is 0 Å². The number of rotatable bonds is 3. The van der Waals surface area contributed by atoms with Gasteiger partial charge in [-0.1, -0.05) is 13.0 Å². The number of ether oxygens (including phenoxy) is 2. The van der Waals surface area contributed by atoms with E-state index in [1.807, 2.05) is 18.2 Å². The van der Waals surface area contributed by atoms with E-state index in [0.29, 0.717) is 11.8 Å². The number of hydrogen-bond donors (Lipinski definition) is 1. The molecule has 17 heavy (non-hydrogen) atoms. The summed E-state index contributed by atoms with van der Waals surface area (Å²) in [4.78, 5) is 0. The second-order valence-corrected chi connectivity index (χ2v) is 4.65. The van der Waals surface area contributed by atoms with Crippen LogP contribution in [0.2, 0.25) is 0 Å². The van der Waals surface area contributed by atoms with Gasteiger partial charge in [0.15, 0.2) is 0 Å². The van der Waals surface area contributed by atoms with Crippen molar-refractivity contribution in [1.82, 2.24) is 5.32 Å². The Balaban J connectivity index is 2.40. The number of methoxy groups -OCH3 is 2. The topological polar surface area (TPSA) is 30.5 Å². The fourth-order valence-electron chi connectivity index (χ4n) is 2.62. The number of piperidine rings is 1. The Morgan fingerprint density at radius 3 is 2.35 bits per heavy atom. The zero-order chi connectivity index (χ0) is 12.3. The Morgan fingerprint density at radius 2 is 1.82 bits per heavy atom. The first-order chi connectivity index (χ1) is 8.27. The van der Waals surface area contributed by atoms with Gasteiger partial charge in [-0.15, -0.1) is 0 Å². The highest BCUT2D eigenvalue weighted by atomic mass is 16.5. The third kappa shape index (κ3) is 2.39. The first-order valence-electron chi connectivity index (χ1n) is 6.19.